The molecule has 188 valence electrons. The van der Waals surface area contributed by atoms with Gasteiger partial charge in [-0.3, -0.25) is 0 Å². The minimum atomic E-state index is -4.57. The van der Waals surface area contributed by atoms with Crippen molar-refractivity contribution in [3.8, 4) is 12.3 Å². The van der Waals surface area contributed by atoms with Gasteiger partial charge in [-0.05, 0) is 0 Å². The molecule has 2 aromatic rings. The molecular formula is C23H21F6N2O2PSe. The number of nitrogens with zero attached hydrogens (tertiary/aromatic N) is 2. The summed E-state index contributed by atoms with van der Waals surface area (Å²) in [5.74, 6) is 2.47. The van der Waals surface area contributed by atoms with E-state index in [4.69, 9.17) is 15.7 Å². The maximum absolute atomic E-state index is 13.5. The monoisotopic (exact) mass is 582 g/mol. The molecular weight excluding hydrogens is 560 g/mol. The minimum absolute atomic E-state index is 0.134. The Kier molecular flexibility index (Phi) is 7.06. The van der Waals surface area contributed by atoms with E-state index in [1.165, 1.54) is 12.1 Å². The van der Waals surface area contributed by atoms with E-state index in [1.807, 2.05) is 0 Å². The van der Waals surface area contributed by atoms with Crippen LogP contribution in [0.1, 0.15) is 34.3 Å². The molecule has 4 rings (SSSR count). The standard InChI is InChI=1S/C23H21F6N2O2PSe/c1-4-18-19(33-18)13-32-34(35)30(2)20(14-7-5-9-16(11-14)22(24,25)26)21(31(34)3)15-8-6-10-17(12-15)23(27,28)29/h1,5-12,18-21H,13H2,2-3H3/t18-,19-,20+,21+/m1/s1. The second-order valence-corrected chi connectivity index (χ2v) is 13.8. The first kappa shape index (κ1) is 26.4. The summed E-state index contributed by atoms with van der Waals surface area (Å²) in [6.45, 7) is 0.134. The number of benzene rings is 2. The zero-order valence-corrected chi connectivity index (χ0v) is 21.2. The van der Waals surface area contributed by atoms with Crippen LogP contribution in [0.5, 0.6) is 0 Å². The summed E-state index contributed by atoms with van der Waals surface area (Å²) >= 11 is 3.05. The third-order valence-electron chi connectivity index (χ3n) is 6.17. The van der Waals surface area contributed by atoms with Crippen LogP contribution in [0.2, 0.25) is 0 Å². The van der Waals surface area contributed by atoms with E-state index in [-0.39, 0.29) is 18.8 Å². The van der Waals surface area contributed by atoms with E-state index >= 15 is 0 Å². The first-order chi connectivity index (χ1) is 16.3. The van der Waals surface area contributed by atoms with Crippen LogP contribution in [0.4, 0.5) is 26.3 Å². The Morgan fingerprint density at radius 1 is 0.943 bits per heavy atom. The van der Waals surface area contributed by atoms with Gasteiger partial charge in [0.2, 0.25) is 0 Å². The van der Waals surface area contributed by atoms with Crippen molar-refractivity contribution in [1.29, 1.82) is 0 Å². The molecule has 0 aliphatic carbocycles. The number of terminal acetylenes is 1. The summed E-state index contributed by atoms with van der Waals surface area (Å²) in [7, 11) is 3.37. The van der Waals surface area contributed by atoms with Crippen molar-refractivity contribution in [2.75, 3.05) is 20.7 Å². The molecule has 4 nitrogen and oxygen atoms in total. The SMILES string of the molecule is C#C[C@H]1O[C@@H]1COP1(=[Se])N(C)[C@@H](c2cccc(C(F)(F)F)c2)[C@H](c2cccc(C(F)(F)F)c2)N1C. The average Bonchev–Trinajstić information content (AvgIpc) is 3.54. The predicted molar refractivity (Wildman–Crippen MR) is 120 cm³/mol. The van der Waals surface area contributed by atoms with Crippen LogP contribution < -0.4 is 0 Å². The van der Waals surface area contributed by atoms with E-state index in [0.29, 0.717) is 11.1 Å². The van der Waals surface area contributed by atoms with Gasteiger partial charge >= 0.3 is 207 Å². The number of alkyl halides is 6. The van der Waals surface area contributed by atoms with Gasteiger partial charge in [0.1, 0.15) is 0 Å². The number of halogens is 6. The first-order valence-corrected chi connectivity index (χ1v) is 14.3. The van der Waals surface area contributed by atoms with Crippen LogP contribution >= 0.6 is 6.04 Å². The Labute approximate surface area is 206 Å². The molecule has 35 heavy (non-hydrogen) atoms. The van der Waals surface area contributed by atoms with Crippen LogP contribution in [0.15, 0.2) is 48.5 Å². The molecule has 2 aliphatic rings. The fraction of sp³-hybridized carbons (Fsp3) is 0.391. The molecule has 0 unspecified atom stereocenters. The van der Waals surface area contributed by atoms with Gasteiger partial charge < -0.3 is 0 Å². The van der Waals surface area contributed by atoms with Crippen molar-refractivity contribution in [1.82, 2.24) is 9.34 Å². The molecule has 4 atom stereocenters. The third-order valence-corrected chi connectivity index (χ3v) is 12.6. The molecule has 0 spiro atoms. The molecule has 0 N–H and O–H groups in total. The van der Waals surface area contributed by atoms with E-state index in [0.717, 1.165) is 24.3 Å². The summed E-state index contributed by atoms with van der Waals surface area (Å²) in [5, 5.41) is 0. The van der Waals surface area contributed by atoms with Gasteiger partial charge in [0.05, 0.1) is 0 Å². The van der Waals surface area contributed by atoms with Crippen molar-refractivity contribution < 1.29 is 35.6 Å². The summed E-state index contributed by atoms with van der Waals surface area (Å²) in [4.78, 5) is 0. The Balaban J connectivity index is 1.78. The number of ether oxygens (including phenoxy) is 1. The molecule has 2 aromatic carbocycles. The van der Waals surface area contributed by atoms with E-state index < -0.39 is 41.6 Å². The van der Waals surface area contributed by atoms with Crippen molar-refractivity contribution in [3.63, 3.8) is 0 Å². The molecule has 0 amide bonds. The molecule has 2 heterocycles. The fourth-order valence-electron chi connectivity index (χ4n) is 4.31. The quantitative estimate of drug-likeness (QED) is 0.150. The number of likely N-dealkylation sites (N-methyl/N-ethyl adjacent to an activating group) is 2. The second kappa shape index (κ2) is 9.35. The topological polar surface area (TPSA) is 28.2 Å². The van der Waals surface area contributed by atoms with Gasteiger partial charge in [-0.1, -0.05) is 0 Å². The number of hydrogen-bond donors (Lipinski definition) is 0. The van der Waals surface area contributed by atoms with Gasteiger partial charge in [0.25, 0.3) is 0 Å². The van der Waals surface area contributed by atoms with Crippen LogP contribution in [0, 0.1) is 12.3 Å². The zero-order chi connectivity index (χ0) is 25.8. The van der Waals surface area contributed by atoms with Crippen molar-refractivity contribution >= 4 is 21.1 Å². The number of hydrogen-bond acceptors (Lipinski definition) is 4. The molecule has 2 saturated heterocycles. The summed E-state index contributed by atoms with van der Waals surface area (Å²) < 4.78 is 95.9. The van der Waals surface area contributed by atoms with Crippen molar-refractivity contribution in [3.05, 3.63) is 70.8 Å². The average molecular weight is 581 g/mol. The Bertz CT molecular complexity index is 1120. The zero-order valence-electron chi connectivity index (χ0n) is 18.5. The van der Waals surface area contributed by atoms with Crippen molar-refractivity contribution in [2.45, 2.75) is 36.6 Å². The van der Waals surface area contributed by atoms with Crippen LogP contribution in [-0.4, -0.2) is 57.3 Å². The van der Waals surface area contributed by atoms with Gasteiger partial charge in [-0.2, -0.15) is 0 Å². The van der Waals surface area contributed by atoms with Gasteiger partial charge in [0.15, 0.2) is 0 Å². The van der Waals surface area contributed by atoms with Crippen LogP contribution in [0.3, 0.4) is 0 Å². The second-order valence-electron chi connectivity index (χ2n) is 8.33. The molecule has 0 aromatic heterocycles. The molecule has 12 heteroatoms. The normalized spacial score (nSPS) is 27.1. The predicted octanol–water partition coefficient (Wildman–Crippen LogP) is 5.65. The number of rotatable bonds is 5. The van der Waals surface area contributed by atoms with Crippen LogP contribution in [-0.2, 0) is 21.6 Å². The van der Waals surface area contributed by atoms with Gasteiger partial charge in [-0.15, -0.1) is 0 Å². The molecule has 0 radical (unpaired) electrons. The van der Waals surface area contributed by atoms with Gasteiger partial charge in [-0.25, -0.2) is 0 Å². The van der Waals surface area contributed by atoms with Gasteiger partial charge in [0, 0.05) is 0 Å². The maximum atomic E-state index is 13.5. The van der Waals surface area contributed by atoms with Crippen molar-refractivity contribution in [2.24, 2.45) is 0 Å². The third kappa shape index (κ3) is 5.12. The van der Waals surface area contributed by atoms with E-state index in [1.54, 1.807) is 35.6 Å². The molecule has 2 aliphatic heterocycles. The molecule has 0 bridgehead atoms. The first-order valence-electron chi connectivity index (χ1n) is 10.4. The summed E-state index contributed by atoms with van der Waals surface area (Å²) in [6.07, 6.45) is -4.47. The summed E-state index contributed by atoms with van der Waals surface area (Å²) in [6, 6.07) is 5.41. The molecule has 0 saturated carbocycles. The van der Waals surface area contributed by atoms with Crippen LogP contribution in [0.25, 0.3) is 0 Å². The summed E-state index contributed by atoms with van der Waals surface area (Å²) in [5.41, 5.74) is -1.06. The molecule has 2 fully saturated rings. The Morgan fingerprint density at radius 2 is 1.40 bits per heavy atom. The number of epoxide rings is 1. The fourth-order valence-corrected chi connectivity index (χ4v) is 8.27. The van der Waals surface area contributed by atoms with E-state index in [9.17, 15) is 26.3 Å². The Morgan fingerprint density at radius 3 is 1.77 bits per heavy atom. The Hall–Kier alpha value is -1.63. The van der Waals surface area contributed by atoms with E-state index in [2.05, 4.69) is 21.0 Å².